The Labute approximate surface area is 116 Å². The number of H-pyrrole nitrogens is 1. The van der Waals surface area contributed by atoms with Gasteiger partial charge in [0.2, 0.25) is 0 Å². The molecule has 2 rings (SSSR count). The van der Waals surface area contributed by atoms with Gasteiger partial charge in [0.15, 0.2) is 0 Å². The molecule has 0 bridgehead atoms. The van der Waals surface area contributed by atoms with Gasteiger partial charge >= 0.3 is 0 Å². The van der Waals surface area contributed by atoms with E-state index in [9.17, 15) is 0 Å². The van der Waals surface area contributed by atoms with Crippen molar-refractivity contribution in [3.8, 4) is 0 Å². The van der Waals surface area contributed by atoms with Crippen LogP contribution in [0.3, 0.4) is 0 Å². The monoisotopic (exact) mass is 259 g/mol. The summed E-state index contributed by atoms with van der Waals surface area (Å²) in [5.41, 5.74) is 2.54. The molecule has 0 fully saturated rings. The zero-order chi connectivity index (χ0) is 13.8. The Morgan fingerprint density at radius 2 is 2.00 bits per heavy atom. The third kappa shape index (κ3) is 3.58. The van der Waals surface area contributed by atoms with Crippen LogP contribution in [0.25, 0.3) is 10.9 Å². The van der Waals surface area contributed by atoms with Crippen molar-refractivity contribution < 1.29 is 0 Å². The second-order valence-corrected chi connectivity index (χ2v) is 5.81. The Kier molecular flexibility index (Phi) is 4.61. The predicted octanol–water partition coefficient (Wildman–Crippen LogP) is 2.84. The molecule has 3 heteroatoms. The Balaban J connectivity index is 1.91. The summed E-state index contributed by atoms with van der Waals surface area (Å²) in [6, 6.07) is 9.28. The predicted molar refractivity (Wildman–Crippen MR) is 82.3 cm³/mol. The Morgan fingerprint density at radius 3 is 2.68 bits per heavy atom. The number of hydrogen-bond acceptors (Lipinski definition) is 2. The lowest BCUT2D eigenvalue weighted by Gasteiger charge is -2.28. The maximum atomic E-state index is 3.57. The van der Waals surface area contributed by atoms with Crippen LogP contribution in [0.2, 0.25) is 0 Å². The van der Waals surface area contributed by atoms with Gasteiger partial charge in [0.25, 0.3) is 0 Å². The summed E-state index contributed by atoms with van der Waals surface area (Å²) in [4.78, 5) is 5.56. The average Bonchev–Trinajstić information content (AvgIpc) is 2.80. The Bertz CT molecular complexity index is 505. The summed E-state index contributed by atoms with van der Waals surface area (Å²) in [7, 11) is 4.30. The highest BCUT2D eigenvalue weighted by Crippen LogP contribution is 2.14. The zero-order valence-corrected chi connectivity index (χ0v) is 12.4. The summed E-state index contributed by atoms with van der Waals surface area (Å²) < 4.78 is 0. The van der Waals surface area contributed by atoms with E-state index >= 15 is 0 Å². The van der Waals surface area contributed by atoms with E-state index in [1.165, 1.54) is 16.5 Å². The van der Waals surface area contributed by atoms with Gasteiger partial charge in [-0.15, -0.1) is 0 Å². The van der Waals surface area contributed by atoms with Gasteiger partial charge in [-0.3, -0.25) is 0 Å². The fourth-order valence-electron chi connectivity index (χ4n) is 2.58. The van der Waals surface area contributed by atoms with Crippen LogP contribution < -0.4 is 5.32 Å². The van der Waals surface area contributed by atoms with Gasteiger partial charge in [-0.2, -0.15) is 0 Å². The molecule has 2 aromatic rings. The van der Waals surface area contributed by atoms with Gasteiger partial charge in [-0.1, -0.05) is 26.0 Å². The van der Waals surface area contributed by atoms with E-state index in [0.717, 1.165) is 13.1 Å². The quantitative estimate of drug-likeness (QED) is 0.836. The minimum Gasteiger partial charge on any atom is -0.361 e. The number of nitrogens with one attached hydrogen (secondary N) is 2. The van der Waals surface area contributed by atoms with Crippen molar-refractivity contribution in [1.82, 2.24) is 15.2 Å². The van der Waals surface area contributed by atoms with Gasteiger partial charge in [0.05, 0.1) is 0 Å². The van der Waals surface area contributed by atoms with E-state index in [-0.39, 0.29) is 0 Å². The number of likely N-dealkylation sites (N-methyl/N-ethyl adjacent to an activating group) is 1. The largest absolute Gasteiger partial charge is 0.361 e. The summed E-state index contributed by atoms with van der Waals surface area (Å²) in [5, 5.41) is 4.84. The van der Waals surface area contributed by atoms with Crippen molar-refractivity contribution in [2.24, 2.45) is 5.92 Å². The molecule has 0 spiro atoms. The number of aromatic nitrogens is 1. The highest BCUT2D eigenvalue weighted by atomic mass is 15.1. The molecule has 0 saturated heterocycles. The van der Waals surface area contributed by atoms with Crippen molar-refractivity contribution in [3.63, 3.8) is 0 Å². The number of hydrogen-bond donors (Lipinski definition) is 2. The minimum atomic E-state index is 0.578. The fraction of sp³-hybridized carbons (Fsp3) is 0.500. The van der Waals surface area contributed by atoms with Gasteiger partial charge in [0.1, 0.15) is 0 Å². The van der Waals surface area contributed by atoms with Crippen LogP contribution in [0.1, 0.15) is 19.4 Å². The lowest BCUT2D eigenvalue weighted by molar-refractivity contribution is 0.224. The lowest BCUT2D eigenvalue weighted by atomic mass is 10.0. The van der Waals surface area contributed by atoms with Gasteiger partial charge < -0.3 is 15.2 Å². The molecule has 1 atom stereocenters. The molecule has 0 aliphatic rings. The number of nitrogens with zero attached hydrogens (tertiary/aromatic N) is 1. The first kappa shape index (κ1) is 14.1. The molecular weight excluding hydrogens is 234 g/mol. The molecule has 1 aromatic carbocycles. The first-order valence-corrected chi connectivity index (χ1v) is 7.01. The molecule has 0 amide bonds. The van der Waals surface area contributed by atoms with E-state index < -0.39 is 0 Å². The van der Waals surface area contributed by atoms with E-state index in [0.29, 0.717) is 12.0 Å². The maximum Gasteiger partial charge on any atom is 0.0457 e. The molecule has 1 aromatic heterocycles. The summed E-state index contributed by atoms with van der Waals surface area (Å²) >= 11 is 0. The highest BCUT2D eigenvalue weighted by Gasteiger charge is 2.14. The van der Waals surface area contributed by atoms with Gasteiger partial charge in [0, 0.05) is 30.8 Å². The van der Waals surface area contributed by atoms with E-state index in [1.54, 1.807) is 0 Å². The maximum absolute atomic E-state index is 3.57. The third-order valence-electron chi connectivity index (χ3n) is 3.73. The second-order valence-electron chi connectivity index (χ2n) is 5.81. The van der Waals surface area contributed by atoms with E-state index in [2.05, 4.69) is 67.4 Å². The van der Waals surface area contributed by atoms with Crippen LogP contribution in [0.15, 0.2) is 30.5 Å². The molecule has 104 valence electrons. The van der Waals surface area contributed by atoms with Crippen LogP contribution in [-0.4, -0.2) is 36.6 Å². The summed E-state index contributed by atoms with van der Waals surface area (Å²) in [6.45, 7) is 6.49. The minimum absolute atomic E-state index is 0.578. The van der Waals surface area contributed by atoms with Crippen molar-refractivity contribution in [2.75, 3.05) is 20.6 Å². The van der Waals surface area contributed by atoms with Gasteiger partial charge in [-0.05, 0) is 43.1 Å². The summed E-state index contributed by atoms with van der Waals surface area (Å²) in [6.07, 6.45) is 1.99. The normalized spacial score (nSPS) is 13.6. The topological polar surface area (TPSA) is 31.1 Å². The Hall–Kier alpha value is -1.32. The number of benzene rings is 1. The van der Waals surface area contributed by atoms with Crippen LogP contribution >= 0.6 is 0 Å². The van der Waals surface area contributed by atoms with Crippen LogP contribution in [0.5, 0.6) is 0 Å². The SMILES string of the molecule is CC(C)C(CNCc1ccc2cc[nH]c2c1)N(C)C. The highest BCUT2D eigenvalue weighted by molar-refractivity contribution is 5.79. The molecule has 0 aliphatic heterocycles. The number of aromatic amines is 1. The molecule has 0 radical (unpaired) electrons. The number of rotatable bonds is 6. The molecule has 1 heterocycles. The van der Waals surface area contributed by atoms with Gasteiger partial charge in [-0.25, -0.2) is 0 Å². The van der Waals surface area contributed by atoms with E-state index in [1.807, 2.05) is 6.20 Å². The fourth-order valence-corrected chi connectivity index (χ4v) is 2.58. The molecule has 0 aliphatic carbocycles. The summed E-state index contributed by atoms with van der Waals surface area (Å²) in [5.74, 6) is 0.661. The molecular formula is C16H25N3. The van der Waals surface area contributed by atoms with Crippen LogP contribution in [0.4, 0.5) is 0 Å². The van der Waals surface area contributed by atoms with Crippen molar-refractivity contribution >= 4 is 10.9 Å². The smallest absolute Gasteiger partial charge is 0.0457 e. The third-order valence-corrected chi connectivity index (χ3v) is 3.73. The first-order chi connectivity index (χ1) is 9.08. The van der Waals surface area contributed by atoms with Crippen LogP contribution in [-0.2, 0) is 6.54 Å². The molecule has 2 N–H and O–H groups in total. The molecule has 0 saturated carbocycles. The van der Waals surface area contributed by atoms with Crippen LogP contribution in [0, 0.1) is 5.92 Å². The molecule has 3 nitrogen and oxygen atoms in total. The Morgan fingerprint density at radius 1 is 1.21 bits per heavy atom. The zero-order valence-electron chi connectivity index (χ0n) is 12.4. The van der Waals surface area contributed by atoms with Crippen molar-refractivity contribution in [3.05, 3.63) is 36.0 Å². The van der Waals surface area contributed by atoms with Crippen molar-refractivity contribution in [2.45, 2.75) is 26.4 Å². The standard InChI is InChI=1S/C16H25N3/c1-12(2)16(19(3)4)11-17-10-13-5-6-14-7-8-18-15(14)9-13/h5-9,12,16-18H,10-11H2,1-4H3. The second kappa shape index (κ2) is 6.22. The molecule has 1 unspecified atom stereocenters. The lowest BCUT2D eigenvalue weighted by Crippen LogP contribution is -2.41. The van der Waals surface area contributed by atoms with Crippen molar-refractivity contribution in [1.29, 1.82) is 0 Å². The molecule has 19 heavy (non-hydrogen) atoms. The average molecular weight is 259 g/mol. The van der Waals surface area contributed by atoms with E-state index in [4.69, 9.17) is 0 Å². The number of fused-ring (bicyclic) bond motifs is 1. The first-order valence-electron chi connectivity index (χ1n) is 7.01.